The molecule has 1 aliphatic rings. The molecule has 0 spiro atoms. The highest BCUT2D eigenvalue weighted by Gasteiger charge is 2.12. The fourth-order valence-electron chi connectivity index (χ4n) is 1.93. The van der Waals surface area contributed by atoms with Crippen molar-refractivity contribution in [3.8, 4) is 0 Å². The molecule has 2 rings (SSSR count). The number of anilines is 2. The van der Waals surface area contributed by atoms with Gasteiger partial charge in [-0.15, -0.1) is 0 Å². The first-order chi connectivity index (χ1) is 10.6. The van der Waals surface area contributed by atoms with E-state index >= 15 is 0 Å². The summed E-state index contributed by atoms with van der Waals surface area (Å²) in [5.74, 6) is 0.688. The van der Waals surface area contributed by atoms with Gasteiger partial charge in [-0.3, -0.25) is 4.79 Å². The Morgan fingerprint density at radius 1 is 1.32 bits per heavy atom. The highest BCUT2D eigenvalue weighted by molar-refractivity contribution is 5.92. The third kappa shape index (κ3) is 4.59. The lowest BCUT2D eigenvalue weighted by atomic mass is 10.3. The molecule has 2 heterocycles. The lowest BCUT2D eigenvalue weighted by molar-refractivity contribution is -0.127. The van der Waals surface area contributed by atoms with Crippen LogP contribution >= 0.6 is 0 Å². The molecule has 0 radical (unpaired) electrons. The molecular weight excluding hydrogens is 286 g/mol. The number of likely N-dealkylation sites (N-methyl/N-ethyl adjacent to an activating group) is 1. The molecule has 1 aromatic heterocycles. The van der Waals surface area contributed by atoms with E-state index in [-0.39, 0.29) is 12.5 Å². The normalized spacial score (nSPS) is 14.4. The standard InChI is InChI=1S/C14H21N5O3/c1-18(2)13(20)10-16-14(21)17-11-3-4-12(15-9-11)19-5-7-22-8-6-19/h3-4,9H,5-8,10H2,1-2H3,(H2,16,17,21). The maximum atomic E-state index is 11.7. The lowest BCUT2D eigenvalue weighted by Crippen LogP contribution is -2.38. The van der Waals surface area contributed by atoms with E-state index in [1.165, 1.54) is 4.90 Å². The lowest BCUT2D eigenvalue weighted by Gasteiger charge is -2.27. The molecule has 22 heavy (non-hydrogen) atoms. The van der Waals surface area contributed by atoms with E-state index in [2.05, 4.69) is 20.5 Å². The predicted molar refractivity (Wildman–Crippen MR) is 83.0 cm³/mol. The first-order valence-electron chi connectivity index (χ1n) is 7.10. The average Bonchev–Trinajstić information content (AvgIpc) is 2.54. The summed E-state index contributed by atoms with van der Waals surface area (Å²) in [4.78, 5) is 30.9. The Hall–Kier alpha value is -2.35. The van der Waals surface area contributed by atoms with Crippen molar-refractivity contribution in [1.82, 2.24) is 15.2 Å². The molecule has 1 saturated heterocycles. The summed E-state index contributed by atoms with van der Waals surface area (Å²) in [5, 5.41) is 5.13. The molecule has 0 saturated carbocycles. The van der Waals surface area contributed by atoms with Gasteiger partial charge in [0.05, 0.1) is 31.6 Å². The average molecular weight is 307 g/mol. The van der Waals surface area contributed by atoms with E-state index in [1.807, 2.05) is 6.07 Å². The molecule has 3 amide bonds. The van der Waals surface area contributed by atoms with Crippen LogP contribution in [0.5, 0.6) is 0 Å². The number of carbonyl (C=O) groups excluding carboxylic acids is 2. The minimum Gasteiger partial charge on any atom is -0.378 e. The van der Waals surface area contributed by atoms with E-state index in [1.54, 1.807) is 26.4 Å². The molecule has 120 valence electrons. The van der Waals surface area contributed by atoms with E-state index in [9.17, 15) is 9.59 Å². The first kappa shape index (κ1) is 16.0. The third-order valence-electron chi connectivity index (χ3n) is 3.24. The number of aromatic nitrogens is 1. The third-order valence-corrected chi connectivity index (χ3v) is 3.24. The Kier molecular flexibility index (Phi) is 5.54. The number of pyridine rings is 1. The van der Waals surface area contributed by atoms with Gasteiger partial charge >= 0.3 is 6.03 Å². The molecule has 0 aromatic carbocycles. The number of ether oxygens (including phenoxy) is 1. The molecule has 0 bridgehead atoms. The van der Waals surface area contributed by atoms with Crippen LogP contribution in [0.1, 0.15) is 0 Å². The van der Waals surface area contributed by atoms with E-state index < -0.39 is 6.03 Å². The van der Waals surface area contributed by atoms with E-state index in [4.69, 9.17) is 4.74 Å². The van der Waals surface area contributed by atoms with Crippen LogP contribution in [0.2, 0.25) is 0 Å². The van der Waals surface area contributed by atoms with Gasteiger partial charge < -0.3 is 25.2 Å². The summed E-state index contributed by atoms with van der Waals surface area (Å²) in [6, 6.07) is 3.20. The largest absolute Gasteiger partial charge is 0.378 e. The zero-order valence-corrected chi connectivity index (χ0v) is 12.8. The molecule has 0 atom stereocenters. The van der Waals surface area contributed by atoms with Crippen LogP contribution in [0.15, 0.2) is 18.3 Å². The van der Waals surface area contributed by atoms with E-state index in [0.717, 1.165) is 18.9 Å². The molecule has 1 aromatic rings. The number of nitrogens with one attached hydrogen (secondary N) is 2. The molecule has 1 fully saturated rings. The molecule has 2 N–H and O–H groups in total. The topological polar surface area (TPSA) is 86.8 Å². The number of hydrogen-bond acceptors (Lipinski definition) is 5. The van der Waals surface area contributed by atoms with Crippen molar-refractivity contribution < 1.29 is 14.3 Å². The van der Waals surface area contributed by atoms with Gasteiger partial charge in [0.1, 0.15) is 5.82 Å². The quantitative estimate of drug-likeness (QED) is 0.825. The molecule has 8 heteroatoms. The van der Waals surface area contributed by atoms with E-state index in [0.29, 0.717) is 18.9 Å². The van der Waals surface area contributed by atoms with Gasteiger partial charge in [-0.1, -0.05) is 0 Å². The van der Waals surface area contributed by atoms with Crippen LogP contribution in [-0.4, -0.2) is 68.8 Å². The highest BCUT2D eigenvalue weighted by Crippen LogP contribution is 2.15. The maximum absolute atomic E-state index is 11.7. The second-order valence-corrected chi connectivity index (χ2v) is 5.10. The van der Waals surface area contributed by atoms with Crippen molar-refractivity contribution in [3.63, 3.8) is 0 Å². The van der Waals surface area contributed by atoms with Gasteiger partial charge in [0.25, 0.3) is 0 Å². The van der Waals surface area contributed by atoms with Crippen LogP contribution in [0, 0.1) is 0 Å². The number of carbonyl (C=O) groups is 2. The Balaban J connectivity index is 1.82. The Morgan fingerprint density at radius 2 is 2.05 bits per heavy atom. The molecular formula is C14H21N5O3. The minimum absolute atomic E-state index is 0.0435. The Morgan fingerprint density at radius 3 is 2.64 bits per heavy atom. The first-order valence-corrected chi connectivity index (χ1v) is 7.10. The van der Waals surface area contributed by atoms with Crippen molar-refractivity contribution >= 4 is 23.4 Å². The summed E-state index contributed by atoms with van der Waals surface area (Å²) in [6.07, 6.45) is 1.60. The zero-order valence-electron chi connectivity index (χ0n) is 12.8. The Labute approximate surface area is 129 Å². The maximum Gasteiger partial charge on any atom is 0.319 e. The fourth-order valence-corrected chi connectivity index (χ4v) is 1.93. The minimum atomic E-state index is -0.434. The second kappa shape index (κ2) is 7.60. The van der Waals surface area contributed by atoms with Crippen LogP contribution in [0.4, 0.5) is 16.3 Å². The van der Waals surface area contributed by atoms with Crippen molar-refractivity contribution in [2.75, 3.05) is 57.2 Å². The van der Waals surface area contributed by atoms with Crippen LogP contribution in [0.3, 0.4) is 0 Å². The number of morpholine rings is 1. The number of rotatable bonds is 4. The van der Waals surface area contributed by atoms with Crippen molar-refractivity contribution in [2.24, 2.45) is 0 Å². The molecule has 8 nitrogen and oxygen atoms in total. The molecule has 0 aliphatic carbocycles. The van der Waals surface area contributed by atoms with Gasteiger partial charge in [-0.05, 0) is 12.1 Å². The fraction of sp³-hybridized carbons (Fsp3) is 0.500. The van der Waals surface area contributed by atoms with Crippen molar-refractivity contribution in [2.45, 2.75) is 0 Å². The van der Waals surface area contributed by atoms with Gasteiger partial charge in [-0.25, -0.2) is 9.78 Å². The Bertz CT molecular complexity index is 512. The van der Waals surface area contributed by atoms with Gasteiger partial charge in [0.2, 0.25) is 5.91 Å². The number of amides is 3. The number of nitrogens with zero attached hydrogens (tertiary/aromatic N) is 3. The highest BCUT2D eigenvalue weighted by atomic mass is 16.5. The molecule has 1 aliphatic heterocycles. The summed E-state index contributed by atoms with van der Waals surface area (Å²) < 4.78 is 5.29. The summed E-state index contributed by atoms with van der Waals surface area (Å²) >= 11 is 0. The second-order valence-electron chi connectivity index (χ2n) is 5.10. The monoisotopic (exact) mass is 307 g/mol. The van der Waals surface area contributed by atoms with Gasteiger partial charge in [0.15, 0.2) is 0 Å². The van der Waals surface area contributed by atoms with Crippen molar-refractivity contribution in [3.05, 3.63) is 18.3 Å². The predicted octanol–water partition coefficient (Wildman–Crippen LogP) is 0.128. The summed E-state index contributed by atoms with van der Waals surface area (Å²) in [5.41, 5.74) is 0.576. The zero-order chi connectivity index (χ0) is 15.9. The smallest absolute Gasteiger partial charge is 0.319 e. The number of hydrogen-bond donors (Lipinski definition) is 2. The van der Waals surface area contributed by atoms with Crippen LogP contribution in [0.25, 0.3) is 0 Å². The van der Waals surface area contributed by atoms with Crippen LogP contribution in [-0.2, 0) is 9.53 Å². The van der Waals surface area contributed by atoms with Gasteiger partial charge in [-0.2, -0.15) is 0 Å². The van der Waals surface area contributed by atoms with Crippen molar-refractivity contribution in [1.29, 1.82) is 0 Å². The SMILES string of the molecule is CN(C)C(=O)CNC(=O)Nc1ccc(N2CCOCC2)nc1. The van der Waals surface area contributed by atoms with Crippen LogP contribution < -0.4 is 15.5 Å². The molecule has 0 unspecified atom stereocenters. The summed E-state index contributed by atoms with van der Waals surface area (Å²) in [7, 11) is 3.27. The summed E-state index contributed by atoms with van der Waals surface area (Å²) in [6.45, 7) is 2.98. The van der Waals surface area contributed by atoms with Gasteiger partial charge in [0, 0.05) is 27.2 Å². The number of urea groups is 1.